The second kappa shape index (κ2) is 8.76. The summed E-state index contributed by atoms with van der Waals surface area (Å²) in [5, 5.41) is 16.2. The molecule has 0 bridgehead atoms. The molecule has 8 nitrogen and oxygen atoms in total. The van der Waals surface area contributed by atoms with Crippen molar-refractivity contribution in [1.29, 1.82) is 0 Å². The number of benzene rings is 2. The zero-order valence-corrected chi connectivity index (χ0v) is 16.5. The van der Waals surface area contributed by atoms with Gasteiger partial charge < -0.3 is 0 Å². The molecular formula is C21H17N5O3S. The van der Waals surface area contributed by atoms with Gasteiger partial charge in [-0.3, -0.25) is 24.5 Å². The fraction of sp³-hybridized carbons (Fsp3) is 0.0476. The SMILES string of the molecule is O=C(/C=C/c1ccc(CSc2nc3[nH]ncc3c(=O)n2-c2ccccc2)cc1)NO. The summed E-state index contributed by atoms with van der Waals surface area (Å²) in [6.07, 6.45) is 4.33. The largest absolute Gasteiger partial charge is 0.288 e. The maximum Gasteiger partial charge on any atom is 0.269 e. The number of nitrogens with one attached hydrogen (secondary N) is 2. The monoisotopic (exact) mass is 419 g/mol. The van der Waals surface area contributed by atoms with Crippen LogP contribution in [-0.2, 0) is 10.5 Å². The Kier molecular flexibility index (Phi) is 5.73. The van der Waals surface area contributed by atoms with E-state index in [0.29, 0.717) is 21.9 Å². The number of H-pyrrole nitrogens is 1. The summed E-state index contributed by atoms with van der Waals surface area (Å²) in [4.78, 5) is 28.7. The lowest BCUT2D eigenvalue weighted by molar-refractivity contribution is -0.124. The van der Waals surface area contributed by atoms with Crippen LogP contribution >= 0.6 is 11.8 Å². The van der Waals surface area contributed by atoms with Gasteiger partial charge in [0, 0.05) is 11.8 Å². The number of aromatic amines is 1. The summed E-state index contributed by atoms with van der Waals surface area (Å²) in [6.45, 7) is 0. The third-order valence-electron chi connectivity index (χ3n) is 4.35. The van der Waals surface area contributed by atoms with E-state index in [9.17, 15) is 9.59 Å². The summed E-state index contributed by atoms with van der Waals surface area (Å²) in [5.74, 6) is 0.00817. The van der Waals surface area contributed by atoms with Gasteiger partial charge in [-0.15, -0.1) is 0 Å². The third kappa shape index (κ3) is 4.17. The van der Waals surface area contributed by atoms with E-state index in [2.05, 4.69) is 15.2 Å². The first kappa shape index (κ1) is 19.6. The Morgan fingerprint density at radius 2 is 1.93 bits per heavy atom. The summed E-state index contributed by atoms with van der Waals surface area (Å²) < 4.78 is 1.59. The van der Waals surface area contributed by atoms with Crippen LogP contribution in [0.1, 0.15) is 11.1 Å². The molecule has 0 aliphatic heterocycles. The van der Waals surface area contributed by atoms with E-state index >= 15 is 0 Å². The summed E-state index contributed by atoms with van der Waals surface area (Å²) >= 11 is 1.44. The molecule has 0 saturated heterocycles. The van der Waals surface area contributed by atoms with Crippen LogP contribution in [0.25, 0.3) is 22.8 Å². The molecule has 4 rings (SSSR count). The van der Waals surface area contributed by atoms with Crippen LogP contribution in [0.15, 0.2) is 76.8 Å². The number of thioether (sulfide) groups is 1. The molecule has 2 heterocycles. The zero-order valence-electron chi connectivity index (χ0n) is 15.6. The minimum Gasteiger partial charge on any atom is -0.288 e. The molecule has 1 amide bonds. The number of fused-ring (bicyclic) bond motifs is 1. The van der Waals surface area contributed by atoms with Gasteiger partial charge >= 0.3 is 0 Å². The molecule has 0 radical (unpaired) electrons. The molecule has 3 N–H and O–H groups in total. The van der Waals surface area contributed by atoms with Crippen LogP contribution < -0.4 is 11.0 Å². The van der Waals surface area contributed by atoms with Crippen molar-refractivity contribution in [2.24, 2.45) is 0 Å². The fourth-order valence-electron chi connectivity index (χ4n) is 2.86. The quantitative estimate of drug-likeness (QED) is 0.146. The molecule has 150 valence electrons. The van der Waals surface area contributed by atoms with E-state index in [1.54, 1.807) is 16.1 Å². The standard InChI is InChI=1S/C21H17N5O3S/c27-18(25-29)11-10-14-6-8-15(9-7-14)13-30-21-23-19-17(12-22-24-19)20(28)26(21)16-4-2-1-3-5-16/h1-12,29H,13H2,(H,22,24)(H,25,27)/b11-10+. The number of amides is 1. The van der Waals surface area contributed by atoms with Gasteiger partial charge in [-0.1, -0.05) is 54.2 Å². The molecular weight excluding hydrogens is 402 g/mol. The Balaban J connectivity index is 1.60. The average molecular weight is 419 g/mol. The highest BCUT2D eigenvalue weighted by Crippen LogP contribution is 2.24. The molecule has 9 heteroatoms. The molecule has 0 unspecified atom stereocenters. The van der Waals surface area contributed by atoms with Gasteiger partial charge in [0.05, 0.1) is 11.9 Å². The van der Waals surface area contributed by atoms with Crippen molar-refractivity contribution in [1.82, 2.24) is 25.2 Å². The normalized spacial score (nSPS) is 11.2. The van der Waals surface area contributed by atoms with Gasteiger partial charge in [-0.05, 0) is 29.3 Å². The number of hydroxylamine groups is 1. The first-order valence-corrected chi connectivity index (χ1v) is 10.00. The summed E-state index contributed by atoms with van der Waals surface area (Å²) in [5.41, 5.74) is 4.42. The topological polar surface area (TPSA) is 113 Å². The first-order chi connectivity index (χ1) is 14.7. The molecule has 2 aromatic heterocycles. The van der Waals surface area contributed by atoms with E-state index in [1.165, 1.54) is 24.0 Å². The predicted octanol–water partition coefficient (Wildman–Crippen LogP) is 2.92. The Hall–Kier alpha value is -3.69. The molecule has 0 aliphatic carbocycles. The Bertz CT molecular complexity index is 1260. The van der Waals surface area contributed by atoms with Crippen molar-refractivity contribution < 1.29 is 10.0 Å². The number of para-hydroxylation sites is 1. The van der Waals surface area contributed by atoms with Crippen molar-refractivity contribution in [2.75, 3.05) is 0 Å². The Labute approximate surface area is 175 Å². The molecule has 0 atom stereocenters. The van der Waals surface area contributed by atoms with Gasteiger partial charge in [0.25, 0.3) is 11.5 Å². The third-order valence-corrected chi connectivity index (χ3v) is 5.36. The molecule has 2 aromatic carbocycles. The molecule has 0 spiro atoms. The van der Waals surface area contributed by atoms with Gasteiger partial charge in [0.1, 0.15) is 5.39 Å². The van der Waals surface area contributed by atoms with Gasteiger partial charge in [0.2, 0.25) is 0 Å². The molecule has 0 saturated carbocycles. The smallest absolute Gasteiger partial charge is 0.269 e. The second-order valence-electron chi connectivity index (χ2n) is 6.34. The van der Waals surface area contributed by atoms with Crippen molar-refractivity contribution >= 4 is 34.8 Å². The second-order valence-corrected chi connectivity index (χ2v) is 7.28. The lowest BCUT2D eigenvalue weighted by atomic mass is 10.1. The van der Waals surface area contributed by atoms with Crippen LogP contribution in [0.3, 0.4) is 0 Å². The van der Waals surface area contributed by atoms with Crippen molar-refractivity contribution in [3.05, 3.63) is 88.4 Å². The molecule has 0 fully saturated rings. The molecule has 0 aliphatic rings. The highest BCUT2D eigenvalue weighted by molar-refractivity contribution is 7.98. The predicted molar refractivity (Wildman–Crippen MR) is 114 cm³/mol. The van der Waals surface area contributed by atoms with Crippen molar-refractivity contribution in [3.8, 4) is 5.69 Å². The maximum absolute atomic E-state index is 13.0. The number of hydrogen-bond acceptors (Lipinski definition) is 6. The van der Waals surface area contributed by atoms with E-state index in [4.69, 9.17) is 5.21 Å². The number of rotatable bonds is 6. The highest BCUT2D eigenvalue weighted by Gasteiger charge is 2.14. The van der Waals surface area contributed by atoms with E-state index in [-0.39, 0.29) is 5.56 Å². The van der Waals surface area contributed by atoms with Crippen LogP contribution in [0, 0.1) is 0 Å². The zero-order chi connectivity index (χ0) is 20.9. The van der Waals surface area contributed by atoms with Gasteiger partial charge in [-0.2, -0.15) is 5.10 Å². The highest BCUT2D eigenvalue weighted by atomic mass is 32.2. The molecule has 30 heavy (non-hydrogen) atoms. The van der Waals surface area contributed by atoms with Crippen molar-refractivity contribution in [3.63, 3.8) is 0 Å². The van der Waals surface area contributed by atoms with Crippen LogP contribution in [0.5, 0.6) is 0 Å². The van der Waals surface area contributed by atoms with E-state index in [0.717, 1.165) is 16.8 Å². The average Bonchev–Trinajstić information content (AvgIpc) is 3.26. The number of carbonyl (C=O) groups is 1. The number of carbonyl (C=O) groups excluding carboxylic acids is 1. The fourth-order valence-corrected chi connectivity index (χ4v) is 3.82. The lowest BCUT2D eigenvalue weighted by Gasteiger charge is -2.11. The molecule has 4 aromatic rings. The minimum atomic E-state index is -0.589. The van der Waals surface area contributed by atoms with E-state index in [1.807, 2.05) is 54.6 Å². The van der Waals surface area contributed by atoms with Crippen molar-refractivity contribution in [2.45, 2.75) is 10.9 Å². The Morgan fingerprint density at radius 1 is 1.17 bits per heavy atom. The number of nitrogens with zero attached hydrogens (tertiary/aromatic N) is 3. The number of aromatic nitrogens is 4. The van der Waals surface area contributed by atoms with E-state index < -0.39 is 5.91 Å². The summed E-state index contributed by atoms with van der Waals surface area (Å²) in [6, 6.07) is 17.0. The van der Waals surface area contributed by atoms with Crippen LogP contribution in [-0.4, -0.2) is 30.9 Å². The minimum absolute atomic E-state index is 0.176. The maximum atomic E-state index is 13.0. The first-order valence-electron chi connectivity index (χ1n) is 9.01. The van der Waals surface area contributed by atoms with Gasteiger partial charge in [0.15, 0.2) is 10.8 Å². The van der Waals surface area contributed by atoms with Crippen LogP contribution in [0.2, 0.25) is 0 Å². The van der Waals surface area contributed by atoms with Crippen LogP contribution in [0.4, 0.5) is 0 Å². The Morgan fingerprint density at radius 3 is 2.67 bits per heavy atom. The summed E-state index contributed by atoms with van der Waals surface area (Å²) in [7, 11) is 0. The van der Waals surface area contributed by atoms with Gasteiger partial charge in [-0.25, -0.2) is 10.5 Å². The lowest BCUT2D eigenvalue weighted by Crippen LogP contribution is -2.21. The number of hydrogen-bond donors (Lipinski definition) is 3.